The van der Waals surface area contributed by atoms with Crippen LogP contribution in [0.5, 0.6) is 0 Å². The summed E-state index contributed by atoms with van der Waals surface area (Å²) in [4.78, 5) is 19.1. The van der Waals surface area contributed by atoms with E-state index in [-0.39, 0.29) is 25.1 Å². The van der Waals surface area contributed by atoms with E-state index in [2.05, 4.69) is 14.4 Å². The number of fused-ring (bicyclic) bond motifs is 1. The van der Waals surface area contributed by atoms with Crippen molar-refractivity contribution in [3.05, 3.63) is 35.1 Å². The molecule has 10 heteroatoms. The molecular formula is C23H29Cl2FN6O. The van der Waals surface area contributed by atoms with Gasteiger partial charge in [0.25, 0.3) is 0 Å². The molecule has 0 amide bonds. The molecule has 3 aromatic rings. The molecule has 0 aliphatic carbocycles. The van der Waals surface area contributed by atoms with Gasteiger partial charge in [-0.25, -0.2) is 19.3 Å². The maximum Gasteiger partial charge on any atom is 0.166 e. The third kappa shape index (κ3) is 4.80. The van der Waals surface area contributed by atoms with Crippen molar-refractivity contribution in [2.24, 2.45) is 0 Å². The zero-order valence-electron chi connectivity index (χ0n) is 18.7. The summed E-state index contributed by atoms with van der Waals surface area (Å²) in [5.41, 5.74) is 2.55. The van der Waals surface area contributed by atoms with E-state index in [4.69, 9.17) is 31.3 Å². The number of benzene rings is 1. The Morgan fingerprint density at radius 2 is 1.79 bits per heavy atom. The van der Waals surface area contributed by atoms with Crippen molar-refractivity contribution >= 4 is 41.0 Å². The monoisotopic (exact) mass is 494 g/mol. The summed E-state index contributed by atoms with van der Waals surface area (Å²) in [5, 5.41) is 0.669. The normalized spacial score (nSPS) is 18.0. The molecule has 0 spiro atoms. The predicted molar refractivity (Wildman–Crippen MR) is 131 cm³/mol. The smallest absolute Gasteiger partial charge is 0.166 e. The fourth-order valence-electron chi connectivity index (χ4n) is 4.71. The Balaban J connectivity index is 0.00000259. The van der Waals surface area contributed by atoms with Crippen molar-refractivity contribution in [1.29, 1.82) is 0 Å². The zero-order valence-corrected chi connectivity index (χ0v) is 20.3. The lowest BCUT2D eigenvalue weighted by Gasteiger charge is -2.35. The number of anilines is 1. The van der Waals surface area contributed by atoms with E-state index < -0.39 is 0 Å². The number of hydrogen-bond acceptors (Lipinski definition) is 6. The van der Waals surface area contributed by atoms with Crippen LogP contribution in [0.15, 0.2) is 24.3 Å². The summed E-state index contributed by atoms with van der Waals surface area (Å²) in [7, 11) is 0. The molecule has 0 saturated carbocycles. The Kier molecular flexibility index (Phi) is 7.69. The van der Waals surface area contributed by atoms with E-state index in [0.717, 1.165) is 86.4 Å². The molecule has 2 aliphatic rings. The fraction of sp³-hybridized carbons (Fsp3) is 0.522. The van der Waals surface area contributed by atoms with Crippen LogP contribution in [0.2, 0.25) is 5.02 Å². The summed E-state index contributed by atoms with van der Waals surface area (Å²) < 4.78 is 20.6. The summed E-state index contributed by atoms with van der Waals surface area (Å²) in [6, 6.07) is 8.06. The molecule has 0 radical (unpaired) electrons. The van der Waals surface area contributed by atoms with Gasteiger partial charge in [-0.05, 0) is 31.9 Å². The number of imidazole rings is 1. The number of rotatable bonds is 5. The molecule has 0 atom stereocenters. The highest BCUT2D eigenvalue weighted by molar-refractivity contribution is 6.33. The minimum atomic E-state index is -0.312. The summed E-state index contributed by atoms with van der Waals surface area (Å²) in [6.07, 6.45) is 1.81. The first-order valence-electron chi connectivity index (χ1n) is 11.3. The summed E-state index contributed by atoms with van der Waals surface area (Å²) in [6.45, 7) is 6.75. The van der Waals surface area contributed by atoms with Crippen LogP contribution in [0.1, 0.15) is 24.7 Å². The maximum atomic E-state index is 12.8. The van der Waals surface area contributed by atoms with Gasteiger partial charge < -0.3 is 14.2 Å². The second kappa shape index (κ2) is 10.5. The molecule has 5 rings (SSSR count). The number of piperazine rings is 1. The maximum absolute atomic E-state index is 12.8. The first-order valence-corrected chi connectivity index (χ1v) is 11.7. The molecule has 2 fully saturated rings. The quantitative estimate of drug-likeness (QED) is 0.526. The van der Waals surface area contributed by atoms with E-state index in [9.17, 15) is 4.39 Å². The van der Waals surface area contributed by atoms with Crippen molar-refractivity contribution in [2.45, 2.75) is 25.8 Å². The molecule has 1 aromatic carbocycles. The second-order valence-electron chi connectivity index (χ2n) is 8.41. The number of alkyl halides is 1. The lowest BCUT2D eigenvalue weighted by Crippen LogP contribution is -2.47. The van der Waals surface area contributed by atoms with Gasteiger partial charge in [0.2, 0.25) is 0 Å². The third-order valence-corrected chi connectivity index (χ3v) is 6.71. The van der Waals surface area contributed by atoms with Gasteiger partial charge in [-0.15, -0.1) is 12.4 Å². The van der Waals surface area contributed by atoms with Gasteiger partial charge in [-0.1, -0.05) is 23.7 Å². The molecule has 178 valence electrons. The van der Waals surface area contributed by atoms with E-state index >= 15 is 0 Å². The number of hydrogen-bond donors (Lipinski definition) is 0. The first-order chi connectivity index (χ1) is 15.7. The Hall–Kier alpha value is -2.00. The first kappa shape index (κ1) is 24.1. The number of halogens is 3. The predicted octanol–water partition coefficient (Wildman–Crippen LogP) is 4.32. The number of ether oxygens (including phenoxy) is 1. The summed E-state index contributed by atoms with van der Waals surface area (Å²) >= 11 is 6.60. The van der Waals surface area contributed by atoms with Gasteiger partial charge in [-0.2, -0.15) is 0 Å². The number of aryl methyl sites for hydroxylation is 1. The van der Waals surface area contributed by atoms with E-state index in [1.807, 2.05) is 31.2 Å². The zero-order chi connectivity index (χ0) is 22.1. The van der Waals surface area contributed by atoms with E-state index in [1.54, 1.807) is 0 Å². The molecule has 0 N–H and O–H groups in total. The van der Waals surface area contributed by atoms with Crippen LogP contribution in [-0.2, 0) is 4.74 Å². The fourth-order valence-corrected chi connectivity index (χ4v) is 4.93. The minimum absolute atomic E-state index is 0. The average Bonchev–Trinajstić information content (AvgIpc) is 3.19. The topological polar surface area (TPSA) is 59.3 Å². The molecular weight excluding hydrogens is 466 g/mol. The number of aromatic nitrogens is 4. The van der Waals surface area contributed by atoms with Crippen LogP contribution >= 0.6 is 24.0 Å². The van der Waals surface area contributed by atoms with Gasteiger partial charge in [0.15, 0.2) is 17.0 Å². The number of nitrogens with zero attached hydrogens (tertiary/aromatic N) is 6. The molecule has 2 aromatic heterocycles. The van der Waals surface area contributed by atoms with Crippen LogP contribution in [0, 0.1) is 6.92 Å². The lowest BCUT2D eigenvalue weighted by atomic mass is 10.1. The molecule has 0 unspecified atom stereocenters. The summed E-state index contributed by atoms with van der Waals surface area (Å²) in [5.74, 6) is 2.40. The van der Waals surface area contributed by atoms with Crippen LogP contribution < -0.4 is 4.90 Å². The average molecular weight is 495 g/mol. The van der Waals surface area contributed by atoms with Crippen LogP contribution in [0.3, 0.4) is 0 Å². The Morgan fingerprint density at radius 1 is 1.06 bits per heavy atom. The molecule has 2 saturated heterocycles. The van der Waals surface area contributed by atoms with E-state index in [0.29, 0.717) is 11.6 Å². The van der Waals surface area contributed by atoms with Crippen LogP contribution in [0.4, 0.5) is 10.2 Å². The molecule has 33 heavy (non-hydrogen) atoms. The van der Waals surface area contributed by atoms with Crippen molar-refractivity contribution in [3.8, 4) is 11.4 Å². The third-order valence-electron chi connectivity index (χ3n) is 6.38. The molecule has 2 aliphatic heterocycles. The molecule has 0 bridgehead atoms. The van der Waals surface area contributed by atoms with Crippen molar-refractivity contribution in [3.63, 3.8) is 0 Å². The molecule has 4 heterocycles. The largest absolute Gasteiger partial charge is 0.381 e. The highest BCUT2D eigenvalue weighted by Crippen LogP contribution is 2.37. The van der Waals surface area contributed by atoms with Crippen molar-refractivity contribution in [2.75, 3.05) is 57.5 Å². The minimum Gasteiger partial charge on any atom is -0.381 e. The van der Waals surface area contributed by atoms with Crippen LogP contribution in [0.25, 0.3) is 22.6 Å². The second-order valence-corrected chi connectivity index (χ2v) is 8.82. The van der Waals surface area contributed by atoms with Crippen molar-refractivity contribution in [1.82, 2.24) is 24.4 Å². The van der Waals surface area contributed by atoms with Gasteiger partial charge >= 0.3 is 0 Å². The highest BCUT2D eigenvalue weighted by atomic mass is 35.5. The van der Waals surface area contributed by atoms with Gasteiger partial charge in [-0.3, -0.25) is 4.90 Å². The van der Waals surface area contributed by atoms with Gasteiger partial charge in [0.05, 0.1) is 5.02 Å². The van der Waals surface area contributed by atoms with E-state index in [1.165, 1.54) is 0 Å². The standard InChI is InChI=1S/C23H28ClFN6O.ClH/c1-16-26-22(30-12-10-29(9-8-25)11-13-30)20-23(27-16)31(17-6-14-32-15-7-17)21(28-20)18-4-2-3-5-19(18)24;/h2-5,17H,6-15H2,1H3;1H. The van der Waals surface area contributed by atoms with Gasteiger partial charge in [0.1, 0.15) is 18.3 Å². The van der Waals surface area contributed by atoms with Crippen LogP contribution in [-0.4, -0.2) is 77.0 Å². The lowest BCUT2D eigenvalue weighted by molar-refractivity contribution is 0.0708. The SMILES string of the molecule is Cc1nc(N2CCN(CCF)CC2)c2nc(-c3ccccc3Cl)n(C3CCOCC3)c2n1.Cl. The Bertz CT molecular complexity index is 1100. The van der Waals surface area contributed by atoms with Gasteiger partial charge in [0, 0.05) is 57.5 Å². The Labute approximate surface area is 204 Å². The molecule has 7 nitrogen and oxygen atoms in total. The van der Waals surface area contributed by atoms with Crippen molar-refractivity contribution < 1.29 is 9.13 Å². The Morgan fingerprint density at radius 3 is 2.48 bits per heavy atom. The highest BCUT2D eigenvalue weighted by Gasteiger charge is 2.28.